The van der Waals surface area contributed by atoms with Crippen LogP contribution in [0.15, 0.2) is 65.4 Å². The zero-order valence-corrected chi connectivity index (χ0v) is 18.4. The number of fused-ring (bicyclic) bond motifs is 2. The van der Waals surface area contributed by atoms with Crippen LogP contribution >= 0.6 is 12.2 Å². The van der Waals surface area contributed by atoms with Gasteiger partial charge in [0.25, 0.3) is 0 Å². The summed E-state index contributed by atoms with van der Waals surface area (Å²) in [6, 6.07) is 16.4. The first kappa shape index (κ1) is 19.3. The Bertz CT molecular complexity index is 1130. The van der Waals surface area contributed by atoms with Gasteiger partial charge >= 0.3 is 0 Å². The molecule has 0 aromatic heterocycles. The van der Waals surface area contributed by atoms with Crippen LogP contribution < -0.4 is 10.1 Å². The van der Waals surface area contributed by atoms with Crippen LogP contribution in [-0.2, 0) is 4.79 Å². The average Bonchev–Trinajstić information content (AvgIpc) is 2.99. The molecule has 0 saturated carbocycles. The van der Waals surface area contributed by atoms with Crippen LogP contribution in [0.1, 0.15) is 62.6 Å². The van der Waals surface area contributed by atoms with Crippen molar-refractivity contribution in [2.24, 2.45) is 0 Å². The Morgan fingerprint density at radius 1 is 0.967 bits per heavy atom. The molecule has 0 saturated heterocycles. The fourth-order valence-electron chi connectivity index (χ4n) is 4.75. The van der Waals surface area contributed by atoms with Gasteiger partial charge in [-0.05, 0) is 51.3 Å². The second kappa shape index (κ2) is 6.92. The minimum Gasteiger partial charge on any atom is -0.488 e. The third kappa shape index (κ3) is 3.10. The lowest BCUT2D eigenvalue weighted by Gasteiger charge is -2.34. The number of ether oxygens (including phenoxy) is 1. The highest BCUT2D eigenvalue weighted by molar-refractivity contribution is 7.81. The van der Waals surface area contributed by atoms with Gasteiger partial charge in [0.1, 0.15) is 11.4 Å². The van der Waals surface area contributed by atoms with Crippen molar-refractivity contribution in [3.05, 3.63) is 82.1 Å². The summed E-state index contributed by atoms with van der Waals surface area (Å²) in [4.78, 5) is 13.9. The summed E-state index contributed by atoms with van der Waals surface area (Å²) in [5, 5.41) is 3.60. The molecule has 2 aliphatic carbocycles. The van der Waals surface area contributed by atoms with E-state index >= 15 is 0 Å². The van der Waals surface area contributed by atoms with Gasteiger partial charge in [-0.1, -0.05) is 48.6 Å². The van der Waals surface area contributed by atoms with E-state index in [0.717, 1.165) is 62.7 Å². The first-order valence-electron chi connectivity index (χ1n) is 10.5. The van der Waals surface area contributed by atoms with E-state index in [2.05, 4.69) is 29.6 Å². The number of dihydropyridines is 1. The van der Waals surface area contributed by atoms with Gasteiger partial charge in [0.15, 0.2) is 5.78 Å². The number of carbonyl (C=O) groups excluding carboxylic acids is 1. The molecule has 152 valence electrons. The van der Waals surface area contributed by atoms with Gasteiger partial charge in [-0.15, -0.1) is 0 Å². The second-order valence-corrected chi connectivity index (χ2v) is 9.58. The summed E-state index contributed by atoms with van der Waals surface area (Å²) < 4.78 is 6.00. The van der Waals surface area contributed by atoms with E-state index in [4.69, 9.17) is 17.0 Å². The van der Waals surface area contributed by atoms with Crippen LogP contribution in [-0.4, -0.2) is 16.2 Å². The lowest BCUT2D eigenvalue weighted by molar-refractivity contribution is -0.116. The number of thiocarbonyl (C=S) groups is 1. The van der Waals surface area contributed by atoms with E-state index in [1.54, 1.807) is 0 Å². The zero-order valence-electron chi connectivity index (χ0n) is 17.5. The third-order valence-corrected chi connectivity index (χ3v) is 6.34. The van der Waals surface area contributed by atoms with Crippen molar-refractivity contribution in [3.8, 4) is 5.75 Å². The molecule has 2 aromatic carbocycles. The van der Waals surface area contributed by atoms with Crippen molar-refractivity contribution in [2.75, 3.05) is 0 Å². The van der Waals surface area contributed by atoms with Gasteiger partial charge < -0.3 is 10.1 Å². The molecule has 1 atom stereocenters. The molecular weight excluding hydrogens is 390 g/mol. The van der Waals surface area contributed by atoms with Crippen molar-refractivity contribution in [2.45, 2.75) is 51.6 Å². The Morgan fingerprint density at radius 3 is 2.37 bits per heavy atom. The first-order valence-corrected chi connectivity index (χ1v) is 10.9. The fraction of sp³-hybridized carbons (Fsp3) is 0.308. The van der Waals surface area contributed by atoms with Crippen LogP contribution in [0.3, 0.4) is 0 Å². The number of ketones is 1. The quantitative estimate of drug-likeness (QED) is 0.639. The predicted molar refractivity (Wildman–Crippen MR) is 124 cm³/mol. The number of hydrogen-bond acceptors (Lipinski definition) is 4. The van der Waals surface area contributed by atoms with Gasteiger partial charge in [0, 0.05) is 40.3 Å². The topological polar surface area (TPSA) is 38.3 Å². The van der Waals surface area contributed by atoms with Crippen molar-refractivity contribution in [1.29, 1.82) is 0 Å². The Kier molecular flexibility index (Phi) is 4.44. The Morgan fingerprint density at radius 2 is 1.67 bits per heavy atom. The molecule has 0 radical (unpaired) electrons. The number of rotatable bonds is 2. The largest absolute Gasteiger partial charge is 0.488 e. The van der Waals surface area contributed by atoms with Crippen LogP contribution in [0, 0.1) is 0 Å². The lowest BCUT2D eigenvalue weighted by atomic mass is 9.75. The highest BCUT2D eigenvalue weighted by Gasteiger charge is 2.41. The molecule has 1 N–H and O–H groups in total. The molecular formula is C26H25NO2S. The molecule has 5 rings (SSSR count). The van der Waals surface area contributed by atoms with Crippen molar-refractivity contribution in [1.82, 2.24) is 5.32 Å². The van der Waals surface area contributed by atoms with Crippen LogP contribution in [0.25, 0.3) is 5.70 Å². The summed E-state index contributed by atoms with van der Waals surface area (Å²) >= 11 is 5.92. The molecule has 4 heteroatoms. The molecule has 0 spiro atoms. The standard InChI is InChI=1S/C26H25NO2S/c1-26(2,3)29-16-13-11-15(12-14-16)21-22-19(9-6-10-20(22)28)27-24-17-7-4-5-8-18(17)25(30)23(21)24/h4-5,7-8,11-14,21,27H,6,9-10H2,1-3H3. The molecule has 1 aliphatic heterocycles. The molecule has 3 aliphatic rings. The van der Waals surface area contributed by atoms with E-state index in [1.807, 2.05) is 45.0 Å². The first-order chi connectivity index (χ1) is 14.3. The SMILES string of the molecule is CC(C)(C)Oc1ccc(C2C3=C(CCCC3=O)NC3=C2C(=S)c2ccccc23)cc1. The van der Waals surface area contributed by atoms with Gasteiger partial charge in [0.2, 0.25) is 0 Å². The average molecular weight is 416 g/mol. The van der Waals surface area contributed by atoms with Gasteiger partial charge in [-0.2, -0.15) is 0 Å². The third-order valence-electron chi connectivity index (χ3n) is 5.90. The highest BCUT2D eigenvalue weighted by Crippen LogP contribution is 2.49. The highest BCUT2D eigenvalue weighted by atomic mass is 32.1. The van der Waals surface area contributed by atoms with E-state index in [9.17, 15) is 4.79 Å². The van der Waals surface area contributed by atoms with Gasteiger partial charge in [0.05, 0.1) is 10.6 Å². The molecule has 2 aromatic rings. The summed E-state index contributed by atoms with van der Waals surface area (Å²) in [5.74, 6) is 0.928. The van der Waals surface area contributed by atoms with Crippen LogP contribution in [0.4, 0.5) is 0 Å². The maximum absolute atomic E-state index is 13.0. The summed E-state index contributed by atoms with van der Waals surface area (Å²) in [7, 11) is 0. The van der Waals surface area contributed by atoms with Crippen LogP contribution in [0.2, 0.25) is 0 Å². The van der Waals surface area contributed by atoms with E-state index in [0.29, 0.717) is 6.42 Å². The number of nitrogens with one attached hydrogen (secondary N) is 1. The summed E-state index contributed by atoms with van der Waals surface area (Å²) in [6.45, 7) is 6.12. The Labute approximate surface area is 182 Å². The van der Waals surface area contributed by atoms with E-state index in [1.165, 1.54) is 0 Å². The molecule has 0 amide bonds. The number of allylic oxidation sites excluding steroid dienone is 3. The summed E-state index contributed by atoms with van der Waals surface area (Å²) in [5.41, 5.74) is 7.13. The predicted octanol–water partition coefficient (Wildman–Crippen LogP) is 5.70. The molecule has 3 nitrogen and oxygen atoms in total. The molecule has 0 bridgehead atoms. The molecule has 0 fully saturated rings. The molecule has 1 unspecified atom stereocenters. The normalized spacial score (nSPS) is 20.6. The van der Waals surface area contributed by atoms with Gasteiger partial charge in [-0.25, -0.2) is 0 Å². The lowest BCUT2D eigenvalue weighted by Crippen LogP contribution is -2.31. The fourth-order valence-corrected chi connectivity index (χ4v) is 5.15. The van der Waals surface area contributed by atoms with Crippen molar-refractivity contribution < 1.29 is 9.53 Å². The number of hydrogen-bond donors (Lipinski definition) is 1. The zero-order chi connectivity index (χ0) is 21.0. The van der Waals surface area contributed by atoms with Gasteiger partial charge in [-0.3, -0.25) is 4.79 Å². The summed E-state index contributed by atoms with van der Waals surface area (Å²) in [6.07, 6.45) is 2.39. The maximum Gasteiger partial charge on any atom is 0.161 e. The maximum atomic E-state index is 13.0. The Hall–Kier alpha value is -2.72. The minimum absolute atomic E-state index is 0.132. The number of benzene rings is 2. The number of Topliss-reactive ketones (excluding diaryl/α,β-unsaturated/α-hetero) is 1. The van der Waals surface area contributed by atoms with Crippen molar-refractivity contribution >= 4 is 28.6 Å². The van der Waals surface area contributed by atoms with Crippen LogP contribution in [0.5, 0.6) is 5.75 Å². The molecule has 30 heavy (non-hydrogen) atoms. The minimum atomic E-state index is -0.254. The Balaban J connectivity index is 1.64. The second-order valence-electron chi connectivity index (χ2n) is 9.17. The monoisotopic (exact) mass is 415 g/mol. The molecule has 1 heterocycles. The smallest absolute Gasteiger partial charge is 0.161 e. The number of carbonyl (C=O) groups is 1. The van der Waals surface area contributed by atoms with E-state index in [-0.39, 0.29) is 17.3 Å². The van der Waals surface area contributed by atoms with Crippen molar-refractivity contribution in [3.63, 3.8) is 0 Å². The van der Waals surface area contributed by atoms with E-state index < -0.39 is 0 Å².